The summed E-state index contributed by atoms with van der Waals surface area (Å²) >= 11 is 1.50. The molecule has 2 N–H and O–H groups in total. The Morgan fingerprint density at radius 2 is 2.05 bits per heavy atom. The first-order valence-electron chi connectivity index (χ1n) is 7.11. The first kappa shape index (κ1) is 15.7. The normalized spacial score (nSPS) is 10.9. The zero-order valence-corrected chi connectivity index (χ0v) is 13.3. The highest BCUT2D eigenvalue weighted by Gasteiger charge is 2.21. The van der Waals surface area contributed by atoms with E-state index in [4.69, 9.17) is 5.73 Å². The Bertz CT molecular complexity index is 580. The largest absolute Gasteiger partial charge is 0.331 e. The summed E-state index contributed by atoms with van der Waals surface area (Å²) in [6.07, 6.45) is 0.721. The fourth-order valence-electron chi connectivity index (χ4n) is 2.06. The first-order chi connectivity index (χ1) is 10.1. The van der Waals surface area contributed by atoms with Crippen LogP contribution in [0.15, 0.2) is 35.7 Å². The van der Waals surface area contributed by atoms with Crippen LogP contribution in [-0.2, 0) is 13.0 Å². The van der Waals surface area contributed by atoms with Crippen molar-refractivity contribution in [2.75, 3.05) is 6.54 Å². The first-order valence-corrected chi connectivity index (χ1v) is 7.99. The van der Waals surface area contributed by atoms with Crippen molar-refractivity contribution >= 4 is 17.2 Å². The lowest BCUT2D eigenvalue weighted by Crippen LogP contribution is -2.36. The maximum Gasteiger partial charge on any atom is 0.273 e. The minimum absolute atomic E-state index is 0.0200. The second kappa shape index (κ2) is 7.33. The topological polar surface area (TPSA) is 59.2 Å². The Morgan fingerprint density at radius 3 is 2.67 bits per heavy atom. The molecule has 4 nitrogen and oxygen atoms in total. The molecular weight excluding hydrogens is 282 g/mol. The van der Waals surface area contributed by atoms with Crippen LogP contribution < -0.4 is 5.73 Å². The molecule has 0 radical (unpaired) electrons. The number of thiazole rings is 1. The van der Waals surface area contributed by atoms with Gasteiger partial charge in [-0.2, -0.15) is 0 Å². The van der Waals surface area contributed by atoms with Crippen LogP contribution >= 0.6 is 11.3 Å². The Balaban J connectivity index is 2.15. The van der Waals surface area contributed by atoms with E-state index in [-0.39, 0.29) is 11.9 Å². The number of aromatic nitrogens is 1. The molecule has 0 saturated carbocycles. The summed E-state index contributed by atoms with van der Waals surface area (Å²) in [7, 11) is 0. The van der Waals surface area contributed by atoms with Crippen molar-refractivity contribution < 1.29 is 4.79 Å². The molecule has 21 heavy (non-hydrogen) atoms. The minimum Gasteiger partial charge on any atom is -0.331 e. The molecule has 0 atom stereocenters. The fraction of sp³-hybridized carbons (Fsp3) is 0.375. The van der Waals surface area contributed by atoms with Gasteiger partial charge >= 0.3 is 0 Å². The highest BCUT2D eigenvalue weighted by molar-refractivity contribution is 7.09. The van der Waals surface area contributed by atoms with E-state index in [1.165, 1.54) is 11.3 Å². The molecule has 0 spiro atoms. The van der Waals surface area contributed by atoms with Gasteiger partial charge in [0.1, 0.15) is 5.69 Å². The van der Waals surface area contributed by atoms with Crippen LogP contribution in [-0.4, -0.2) is 28.4 Å². The molecule has 2 rings (SSSR count). The van der Waals surface area contributed by atoms with Crippen molar-refractivity contribution in [2.24, 2.45) is 5.73 Å². The standard InChI is InChI=1S/C16H21N3OS/c1-12(2)19(10-13-6-4-3-5-7-13)16(20)14-11-21-15(18-14)8-9-17/h3-7,11-12H,8-10,17H2,1-2H3. The number of nitrogens with two attached hydrogens (primary N) is 1. The van der Waals surface area contributed by atoms with Crippen LogP contribution in [0.25, 0.3) is 0 Å². The van der Waals surface area contributed by atoms with E-state index in [2.05, 4.69) is 4.98 Å². The summed E-state index contributed by atoms with van der Waals surface area (Å²) < 4.78 is 0. The summed E-state index contributed by atoms with van der Waals surface area (Å²) in [5.74, 6) is -0.0200. The lowest BCUT2D eigenvalue weighted by atomic mass is 10.2. The van der Waals surface area contributed by atoms with Gasteiger partial charge in [0.25, 0.3) is 5.91 Å². The van der Waals surface area contributed by atoms with Crippen LogP contribution in [0.5, 0.6) is 0 Å². The molecule has 1 aromatic carbocycles. The molecule has 0 bridgehead atoms. The Hall–Kier alpha value is -1.72. The van der Waals surface area contributed by atoms with Gasteiger partial charge in [-0.3, -0.25) is 4.79 Å². The smallest absolute Gasteiger partial charge is 0.273 e. The van der Waals surface area contributed by atoms with E-state index in [9.17, 15) is 4.79 Å². The van der Waals surface area contributed by atoms with Crippen molar-refractivity contribution in [3.05, 3.63) is 52.0 Å². The van der Waals surface area contributed by atoms with Gasteiger partial charge in [0.15, 0.2) is 0 Å². The second-order valence-corrected chi connectivity index (χ2v) is 6.12. The third-order valence-electron chi connectivity index (χ3n) is 3.21. The molecule has 0 aliphatic rings. The van der Waals surface area contributed by atoms with Crippen LogP contribution in [0.3, 0.4) is 0 Å². The van der Waals surface area contributed by atoms with Crippen LogP contribution in [0.4, 0.5) is 0 Å². The van der Waals surface area contributed by atoms with Crippen molar-refractivity contribution in [1.82, 2.24) is 9.88 Å². The third kappa shape index (κ3) is 4.12. The van der Waals surface area contributed by atoms with E-state index in [0.29, 0.717) is 18.8 Å². The van der Waals surface area contributed by atoms with E-state index in [1.807, 2.05) is 54.5 Å². The maximum absolute atomic E-state index is 12.6. The van der Waals surface area contributed by atoms with E-state index in [1.54, 1.807) is 0 Å². The maximum atomic E-state index is 12.6. The molecule has 0 saturated heterocycles. The van der Waals surface area contributed by atoms with Gasteiger partial charge in [-0.1, -0.05) is 30.3 Å². The zero-order valence-electron chi connectivity index (χ0n) is 12.5. The fourth-order valence-corrected chi connectivity index (χ4v) is 2.85. The number of hydrogen-bond acceptors (Lipinski definition) is 4. The summed E-state index contributed by atoms with van der Waals surface area (Å²) in [6, 6.07) is 10.1. The number of carbonyl (C=O) groups is 1. The Morgan fingerprint density at radius 1 is 1.33 bits per heavy atom. The average Bonchev–Trinajstić information content (AvgIpc) is 2.94. The number of rotatable bonds is 6. The van der Waals surface area contributed by atoms with Gasteiger partial charge in [-0.25, -0.2) is 4.98 Å². The zero-order chi connectivity index (χ0) is 15.2. The molecule has 0 aliphatic carbocycles. The summed E-state index contributed by atoms with van der Waals surface area (Å²) in [4.78, 5) is 18.9. The summed E-state index contributed by atoms with van der Waals surface area (Å²) in [5.41, 5.74) is 7.17. The van der Waals surface area contributed by atoms with Crippen LogP contribution in [0.1, 0.15) is 34.9 Å². The third-order valence-corrected chi connectivity index (χ3v) is 4.12. The molecule has 5 heteroatoms. The predicted molar refractivity (Wildman–Crippen MR) is 86.3 cm³/mol. The number of nitrogens with zero attached hydrogens (tertiary/aromatic N) is 2. The highest BCUT2D eigenvalue weighted by atomic mass is 32.1. The molecule has 1 aromatic heterocycles. The van der Waals surface area contributed by atoms with Crippen molar-refractivity contribution in [1.29, 1.82) is 0 Å². The number of hydrogen-bond donors (Lipinski definition) is 1. The van der Waals surface area contributed by atoms with E-state index < -0.39 is 0 Å². The lowest BCUT2D eigenvalue weighted by molar-refractivity contribution is 0.0685. The van der Waals surface area contributed by atoms with Gasteiger partial charge in [0, 0.05) is 24.4 Å². The van der Waals surface area contributed by atoms with Crippen LogP contribution in [0.2, 0.25) is 0 Å². The number of carbonyl (C=O) groups excluding carboxylic acids is 1. The average molecular weight is 303 g/mol. The molecule has 0 unspecified atom stereocenters. The predicted octanol–water partition coefficient (Wildman–Crippen LogP) is 2.70. The lowest BCUT2D eigenvalue weighted by Gasteiger charge is -2.26. The van der Waals surface area contributed by atoms with E-state index in [0.717, 1.165) is 17.0 Å². The Kier molecular flexibility index (Phi) is 5.47. The molecule has 1 amide bonds. The van der Waals surface area contributed by atoms with Crippen LogP contribution in [0, 0.1) is 0 Å². The molecule has 112 valence electrons. The molecule has 0 fully saturated rings. The number of benzene rings is 1. The number of amides is 1. The highest BCUT2D eigenvalue weighted by Crippen LogP contribution is 2.16. The van der Waals surface area contributed by atoms with Crippen molar-refractivity contribution in [3.63, 3.8) is 0 Å². The van der Waals surface area contributed by atoms with Gasteiger partial charge in [0.05, 0.1) is 5.01 Å². The van der Waals surface area contributed by atoms with Gasteiger partial charge in [-0.15, -0.1) is 11.3 Å². The summed E-state index contributed by atoms with van der Waals surface area (Å²) in [5, 5.41) is 2.75. The second-order valence-electron chi connectivity index (χ2n) is 5.18. The molecule has 0 aliphatic heterocycles. The van der Waals surface area contributed by atoms with Gasteiger partial charge < -0.3 is 10.6 Å². The molecule has 1 heterocycles. The SMILES string of the molecule is CC(C)N(Cc1ccccc1)C(=O)c1csc(CCN)n1. The van der Waals surface area contributed by atoms with Crippen molar-refractivity contribution in [2.45, 2.75) is 32.9 Å². The van der Waals surface area contributed by atoms with Crippen molar-refractivity contribution in [3.8, 4) is 0 Å². The molecular formula is C16H21N3OS. The van der Waals surface area contributed by atoms with Gasteiger partial charge in [0.2, 0.25) is 0 Å². The Labute approximate surface area is 129 Å². The van der Waals surface area contributed by atoms with Gasteiger partial charge in [-0.05, 0) is 26.0 Å². The summed E-state index contributed by atoms with van der Waals surface area (Å²) in [6.45, 7) is 5.20. The van der Waals surface area contributed by atoms with E-state index >= 15 is 0 Å². The monoisotopic (exact) mass is 303 g/mol. The molecule has 2 aromatic rings. The minimum atomic E-state index is -0.0200. The quantitative estimate of drug-likeness (QED) is 0.892.